The molecule has 0 N–H and O–H groups in total. The van der Waals surface area contributed by atoms with Crippen LogP contribution >= 0.6 is 0 Å². The summed E-state index contributed by atoms with van der Waals surface area (Å²) in [6.07, 6.45) is 0.0710. The summed E-state index contributed by atoms with van der Waals surface area (Å²) < 4.78 is 31.7. The van der Waals surface area contributed by atoms with E-state index in [-0.39, 0.29) is 6.10 Å². The normalized spacial score (nSPS) is 25.9. The molecule has 0 aromatic heterocycles. The van der Waals surface area contributed by atoms with Crippen molar-refractivity contribution in [2.75, 3.05) is 0 Å². The van der Waals surface area contributed by atoms with Gasteiger partial charge in [-0.05, 0) is 31.0 Å². The molecule has 2 aromatic rings. The van der Waals surface area contributed by atoms with E-state index in [1.165, 1.54) is 0 Å². The number of rotatable bonds is 3. The molecule has 1 aliphatic rings. The van der Waals surface area contributed by atoms with Crippen molar-refractivity contribution in [3.05, 3.63) is 66.2 Å². The fraction of sp³-hybridized carbons (Fsp3) is 0.294. The summed E-state index contributed by atoms with van der Waals surface area (Å²) in [5, 5.41) is -0.530. The lowest BCUT2D eigenvalue weighted by Gasteiger charge is -2.19. The second kappa shape index (κ2) is 5.62. The van der Waals surface area contributed by atoms with Gasteiger partial charge < -0.3 is 4.74 Å². The van der Waals surface area contributed by atoms with Crippen LogP contribution in [0.2, 0.25) is 0 Å². The maximum atomic E-state index is 12.9. The molecule has 0 radical (unpaired) electrons. The fourth-order valence-corrected chi connectivity index (χ4v) is 4.81. The molecule has 1 aliphatic heterocycles. The van der Waals surface area contributed by atoms with Gasteiger partial charge >= 0.3 is 0 Å². The van der Waals surface area contributed by atoms with Crippen molar-refractivity contribution in [2.45, 2.75) is 35.7 Å². The summed E-state index contributed by atoms with van der Waals surface area (Å²) in [6.45, 7) is 1.93. The summed E-state index contributed by atoms with van der Waals surface area (Å²) in [5.74, 6) is 0. The van der Waals surface area contributed by atoms with Crippen LogP contribution in [0.25, 0.3) is 0 Å². The average molecular weight is 302 g/mol. The zero-order chi connectivity index (χ0) is 14.9. The Kier molecular flexibility index (Phi) is 3.83. The van der Waals surface area contributed by atoms with Crippen LogP contribution in [0.3, 0.4) is 0 Å². The van der Waals surface area contributed by atoms with Crippen LogP contribution in [0.1, 0.15) is 25.0 Å². The van der Waals surface area contributed by atoms with Gasteiger partial charge in [-0.15, -0.1) is 0 Å². The van der Waals surface area contributed by atoms with Gasteiger partial charge in [0.2, 0.25) is 0 Å². The molecule has 0 aliphatic carbocycles. The molecular formula is C17H18O3S. The number of benzene rings is 2. The Hall–Kier alpha value is -1.65. The van der Waals surface area contributed by atoms with E-state index >= 15 is 0 Å². The van der Waals surface area contributed by atoms with Gasteiger partial charge in [-0.25, -0.2) is 8.42 Å². The smallest absolute Gasteiger partial charge is 0.184 e. The molecule has 3 rings (SSSR count). The van der Waals surface area contributed by atoms with Crippen LogP contribution in [-0.2, 0) is 14.6 Å². The lowest BCUT2D eigenvalue weighted by atomic mass is 10.1. The lowest BCUT2D eigenvalue weighted by molar-refractivity contribution is 0.0562. The van der Waals surface area contributed by atoms with E-state index in [0.29, 0.717) is 11.3 Å². The van der Waals surface area contributed by atoms with E-state index in [9.17, 15) is 8.42 Å². The van der Waals surface area contributed by atoms with E-state index in [1.54, 1.807) is 24.3 Å². The Bertz CT molecular complexity index is 695. The van der Waals surface area contributed by atoms with Crippen LogP contribution in [-0.4, -0.2) is 19.8 Å². The maximum absolute atomic E-state index is 12.9. The highest BCUT2D eigenvalue weighted by atomic mass is 32.2. The molecular weight excluding hydrogens is 284 g/mol. The first-order chi connectivity index (χ1) is 10.1. The third-order valence-corrected chi connectivity index (χ3v) is 6.05. The average Bonchev–Trinajstić information content (AvgIpc) is 2.92. The van der Waals surface area contributed by atoms with Gasteiger partial charge in [0.1, 0.15) is 6.10 Å². The molecule has 3 nitrogen and oxygen atoms in total. The Morgan fingerprint density at radius 3 is 2.14 bits per heavy atom. The largest absolute Gasteiger partial charge is 0.369 e. The topological polar surface area (TPSA) is 43.4 Å². The summed E-state index contributed by atoms with van der Waals surface area (Å²) in [5.41, 5.74) is 0.923. The third-order valence-electron chi connectivity index (χ3n) is 3.88. The summed E-state index contributed by atoms with van der Waals surface area (Å²) in [7, 11) is -3.39. The number of hydrogen-bond acceptors (Lipinski definition) is 3. The maximum Gasteiger partial charge on any atom is 0.184 e. The van der Waals surface area contributed by atoms with Gasteiger partial charge in [0.25, 0.3) is 0 Å². The van der Waals surface area contributed by atoms with Crippen molar-refractivity contribution in [1.29, 1.82) is 0 Å². The first-order valence-electron chi connectivity index (χ1n) is 7.08. The highest BCUT2D eigenvalue weighted by Gasteiger charge is 2.43. The van der Waals surface area contributed by atoms with Gasteiger partial charge in [-0.1, -0.05) is 48.5 Å². The molecule has 0 bridgehead atoms. The molecule has 21 heavy (non-hydrogen) atoms. The van der Waals surface area contributed by atoms with Gasteiger partial charge in [-0.3, -0.25) is 0 Å². The van der Waals surface area contributed by atoms with Crippen LogP contribution in [0.4, 0.5) is 0 Å². The molecule has 2 aromatic carbocycles. The minimum atomic E-state index is -3.39. The molecule has 1 fully saturated rings. The SMILES string of the molecule is C[C@@H]1C[C@H](S(=O)(=O)c2ccccc2)[C@@H](c2ccccc2)O1. The van der Waals surface area contributed by atoms with Crippen LogP contribution in [0.15, 0.2) is 65.6 Å². The van der Waals surface area contributed by atoms with Crippen molar-refractivity contribution in [3.8, 4) is 0 Å². The standard InChI is InChI=1S/C17H18O3S/c1-13-12-16(17(20-13)14-8-4-2-5-9-14)21(18,19)15-10-6-3-7-11-15/h2-11,13,16-17H,12H2,1H3/t13-,16+,17-/m1/s1. The molecule has 0 amide bonds. The van der Waals surface area contributed by atoms with Crippen LogP contribution in [0, 0.1) is 0 Å². The van der Waals surface area contributed by atoms with E-state index in [0.717, 1.165) is 5.56 Å². The second-order valence-corrected chi connectivity index (χ2v) is 7.58. The summed E-state index contributed by atoms with van der Waals surface area (Å²) in [4.78, 5) is 0.369. The van der Waals surface area contributed by atoms with Crippen molar-refractivity contribution >= 4 is 9.84 Å². The van der Waals surface area contributed by atoms with Crippen molar-refractivity contribution in [3.63, 3.8) is 0 Å². The molecule has 0 saturated carbocycles. The van der Waals surface area contributed by atoms with Crippen molar-refractivity contribution < 1.29 is 13.2 Å². The van der Waals surface area contributed by atoms with Crippen molar-refractivity contribution in [2.24, 2.45) is 0 Å². The zero-order valence-electron chi connectivity index (χ0n) is 11.8. The molecule has 4 heteroatoms. The summed E-state index contributed by atoms with van der Waals surface area (Å²) in [6, 6.07) is 18.2. The quantitative estimate of drug-likeness (QED) is 0.873. The minimum absolute atomic E-state index is 0.0568. The van der Waals surface area contributed by atoms with Gasteiger partial charge in [0.15, 0.2) is 9.84 Å². The molecule has 0 spiro atoms. The third kappa shape index (κ3) is 2.74. The highest BCUT2D eigenvalue weighted by Crippen LogP contribution is 2.39. The molecule has 0 unspecified atom stereocenters. The van der Waals surface area contributed by atoms with E-state index in [4.69, 9.17) is 4.74 Å². The Balaban J connectivity index is 2.00. The monoisotopic (exact) mass is 302 g/mol. The molecule has 1 saturated heterocycles. The predicted molar refractivity (Wildman–Crippen MR) is 81.8 cm³/mol. The Morgan fingerprint density at radius 1 is 0.952 bits per heavy atom. The van der Waals surface area contributed by atoms with Gasteiger partial charge in [-0.2, -0.15) is 0 Å². The minimum Gasteiger partial charge on any atom is -0.369 e. The fourth-order valence-electron chi connectivity index (χ4n) is 2.85. The first-order valence-corrected chi connectivity index (χ1v) is 8.63. The van der Waals surface area contributed by atoms with Crippen molar-refractivity contribution in [1.82, 2.24) is 0 Å². The Labute approximate surface area is 125 Å². The molecule has 1 heterocycles. The van der Waals surface area contributed by atoms with Crippen LogP contribution in [0.5, 0.6) is 0 Å². The highest BCUT2D eigenvalue weighted by molar-refractivity contribution is 7.92. The van der Waals surface area contributed by atoms with Gasteiger partial charge in [0, 0.05) is 0 Å². The summed E-state index contributed by atoms with van der Waals surface area (Å²) >= 11 is 0. The van der Waals surface area contributed by atoms with E-state index in [1.807, 2.05) is 43.3 Å². The number of ether oxygens (including phenoxy) is 1. The second-order valence-electron chi connectivity index (χ2n) is 5.41. The Morgan fingerprint density at radius 2 is 1.52 bits per heavy atom. The predicted octanol–water partition coefficient (Wildman–Crippen LogP) is 3.38. The van der Waals surface area contributed by atoms with Gasteiger partial charge in [0.05, 0.1) is 16.2 Å². The zero-order valence-corrected chi connectivity index (χ0v) is 12.7. The number of hydrogen-bond donors (Lipinski definition) is 0. The first kappa shape index (κ1) is 14.3. The molecule has 110 valence electrons. The lowest BCUT2D eigenvalue weighted by Crippen LogP contribution is -2.25. The van der Waals surface area contributed by atoms with E-state index < -0.39 is 21.2 Å². The van der Waals surface area contributed by atoms with Crippen LogP contribution < -0.4 is 0 Å². The molecule has 3 atom stereocenters. The number of sulfone groups is 1. The van der Waals surface area contributed by atoms with E-state index in [2.05, 4.69) is 0 Å².